The number of amides is 1. The topological polar surface area (TPSA) is 81.3 Å². The molecule has 0 bridgehead atoms. The predicted octanol–water partition coefficient (Wildman–Crippen LogP) is 3.79. The van der Waals surface area contributed by atoms with Crippen LogP contribution >= 0.6 is 11.6 Å². The number of nitrogens with zero attached hydrogens (tertiary/aromatic N) is 4. The summed E-state index contributed by atoms with van der Waals surface area (Å²) in [4.78, 5) is 29.3. The Labute approximate surface area is 184 Å². The molecule has 7 nitrogen and oxygen atoms in total. The van der Waals surface area contributed by atoms with E-state index in [0.29, 0.717) is 16.4 Å². The summed E-state index contributed by atoms with van der Waals surface area (Å²) in [7, 11) is 0. The predicted molar refractivity (Wildman–Crippen MR) is 111 cm³/mol. The first-order chi connectivity index (χ1) is 15.1. The van der Waals surface area contributed by atoms with Crippen molar-refractivity contribution < 1.29 is 18.0 Å². The lowest BCUT2D eigenvalue weighted by Gasteiger charge is -2.13. The van der Waals surface area contributed by atoms with Crippen molar-refractivity contribution in [3.05, 3.63) is 92.7 Å². The second-order valence-electron chi connectivity index (χ2n) is 6.99. The van der Waals surface area contributed by atoms with E-state index in [-0.39, 0.29) is 17.9 Å². The summed E-state index contributed by atoms with van der Waals surface area (Å²) in [5.41, 5.74) is -0.464. The monoisotopic (exact) mass is 461 g/mol. The maximum absolute atomic E-state index is 13.1. The average molecular weight is 462 g/mol. The van der Waals surface area contributed by atoms with Gasteiger partial charge in [-0.15, -0.1) is 0 Å². The Hall–Kier alpha value is -3.66. The van der Waals surface area contributed by atoms with Crippen LogP contribution in [0.3, 0.4) is 0 Å². The standard InChI is InChI=1S/C21H15ClF3N5O2/c1-12-7-17(31)19(28-30(12)16-4-2-3-13(8-16)21(23,24)25)20(32)26-9-15-11-29-10-14(22)5-6-18(29)27-15/h2-8,10-11H,9H2,1H3,(H,26,32). The van der Waals surface area contributed by atoms with E-state index < -0.39 is 28.8 Å². The minimum absolute atomic E-state index is 0.0106. The van der Waals surface area contributed by atoms with Gasteiger partial charge in [-0.2, -0.15) is 18.3 Å². The van der Waals surface area contributed by atoms with Crippen LogP contribution in [0.1, 0.15) is 27.4 Å². The van der Waals surface area contributed by atoms with Crippen molar-refractivity contribution in [1.29, 1.82) is 0 Å². The molecule has 0 saturated carbocycles. The summed E-state index contributed by atoms with van der Waals surface area (Å²) in [6.07, 6.45) is -1.21. The van der Waals surface area contributed by atoms with Gasteiger partial charge in [-0.25, -0.2) is 9.67 Å². The summed E-state index contributed by atoms with van der Waals surface area (Å²) in [6, 6.07) is 9.00. The van der Waals surface area contributed by atoms with Crippen molar-refractivity contribution in [2.24, 2.45) is 0 Å². The van der Waals surface area contributed by atoms with Crippen LogP contribution in [0.15, 0.2) is 59.7 Å². The molecular formula is C21H15ClF3N5O2. The van der Waals surface area contributed by atoms with E-state index in [1.165, 1.54) is 19.1 Å². The molecule has 11 heteroatoms. The number of hydrogen-bond acceptors (Lipinski definition) is 4. The summed E-state index contributed by atoms with van der Waals surface area (Å²) in [5.74, 6) is -0.772. The van der Waals surface area contributed by atoms with E-state index in [2.05, 4.69) is 15.4 Å². The zero-order chi connectivity index (χ0) is 23.0. The number of benzene rings is 1. The molecule has 3 heterocycles. The zero-order valence-corrected chi connectivity index (χ0v) is 17.3. The van der Waals surface area contributed by atoms with Crippen molar-refractivity contribution in [1.82, 2.24) is 24.5 Å². The highest BCUT2D eigenvalue weighted by Gasteiger charge is 2.30. The molecule has 0 radical (unpaired) electrons. The summed E-state index contributed by atoms with van der Waals surface area (Å²) in [5, 5.41) is 7.09. The SMILES string of the molecule is Cc1cc(=O)c(C(=O)NCc2cn3cc(Cl)ccc3n2)nn1-c1cccc(C(F)(F)F)c1. The lowest BCUT2D eigenvalue weighted by molar-refractivity contribution is -0.137. The van der Waals surface area contributed by atoms with Gasteiger partial charge in [-0.05, 0) is 37.3 Å². The van der Waals surface area contributed by atoms with Crippen molar-refractivity contribution in [2.75, 3.05) is 0 Å². The first-order valence-electron chi connectivity index (χ1n) is 9.32. The number of rotatable bonds is 4. The fraction of sp³-hybridized carbons (Fsp3) is 0.143. The smallest absolute Gasteiger partial charge is 0.345 e. The molecule has 1 amide bonds. The van der Waals surface area contributed by atoms with Gasteiger partial charge < -0.3 is 9.72 Å². The lowest BCUT2D eigenvalue weighted by atomic mass is 10.2. The number of alkyl halides is 3. The fourth-order valence-corrected chi connectivity index (χ4v) is 3.31. The minimum Gasteiger partial charge on any atom is -0.345 e. The van der Waals surface area contributed by atoms with Gasteiger partial charge in [0.2, 0.25) is 5.43 Å². The molecule has 0 atom stereocenters. The molecule has 0 aliphatic heterocycles. The van der Waals surface area contributed by atoms with E-state index >= 15 is 0 Å². The highest BCUT2D eigenvalue weighted by atomic mass is 35.5. The largest absolute Gasteiger partial charge is 0.416 e. The third kappa shape index (κ3) is 4.35. The van der Waals surface area contributed by atoms with Gasteiger partial charge in [0.1, 0.15) is 5.65 Å². The summed E-state index contributed by atoms with van der Waals surface area (Å²) in [6.45, 7) is 1.52. The van der Waals surface area contributed by atoms with Crippen LogP contribution in [0, 0.1) is 6.92 Å². The minimum atomic E-state index is -4.54. The number of aryl methyl sites for hydroxylation is 1. The Balaban J connectivity index is 1.60. The number of pyridine rings is 1. The van der Waals surface area contributed by atoms with E-state index in [4.69, 9.17) is 11.6 Å². The molecule has 0 unspecified atom stereocenters. The normalized spacial score (nSPS) is 11.7. The molecule has 164 valence electrons. The quantitative estimate of drug-likeness (QED) is 0.501. The van der Waals surface area contributed by atoms with Crippen LogP contribution in [0.25, 0.3) is 11.3 Å². The average Bonchev–Trinajstić information content (AvgIpc) is 3.13. The van der Waals surface area contributed by atoms with E-state index in [1.54, 1.807) is 28.9 Å². The molecule has 1 aromatic carbocycles. The molecule has 3 aromatic heterocycles. The van der Waals surface area contributed by atoms with Crippen LogP contribution in [-0.4, -0.2) is 25.1 Å². The van der Waals surface area contributed by atoms with Gasteiger partial charge in [0, 0.05) is 24.2 Å². The molecule has 0 fully saturated rings. The summed E-state index contributed by atoms with van der Waals surface area (Å²) >= 11 is 5.94. The molecule has 0 aliphatic rings. The Morgan fingerprint density at radius 3 is 2.69 bits per heavy atom. The molecular weight excluding hydrogens is 447 g/mol. The number of imidazole rings is 1. The third-order valence-electron chi connectivity index (χ3n) is 4.64. The molecule has 0 aliphatic carbocycles. The zero-order valence-electron chi connectivity index (χ0n) is 16.5. The maximum Gasteiger partial charge on any atom is 0.416 e. The summed E-state index contributed by atoms with van der Waals surface area (Å²) < 4.78 is 42.0. The van der Waals surface area contributed by atoms with Gasteiger partial charge in [-0.1, -0.05) is 17.7 Å². The van der Waals surface area contributed by atoms with E-state index in [9.17, 15) is 22.8 Å². The van der Waals surface area contributed by atoms with Crippen molar-refractivity contribution in [2.45, 2.75) is 19.6 Å². The number of hydrogen-bond donors (Lipinski definition) is 1. The number of aromatic nitrogens is 4. The molecule has 4 aromatic rings. The van der Waals surface area contributed by atoms with Gasteiger partial charge in [0.25, 0.3) is 5.91 Å². The molecule has 0 saturated heterocycles. The van der Waals surface area contributed by atoms with Crippen LogP contribution in [0.5, 0.6) is 0 Å². The van der Waals surface area contributed by atoms with E-state index in [0.717, 1.165) is 22.9 Å². The highest BCUT2D eigenvalue weighted by Crippen LogP contribution is 2.30. The second-order valence-corrected chi connectivity index (χ2v) is 7.42. The van der Waals surface area contributed by atoms with Crippen LogP contribution in [0.4, 0.5) is 13.2 Å². The Kier molecular flexibility index (Phi) is 5.47. The van der Waals surface area contributed by atoms with Crippen molar-refractivity contribution in [3.8, 4) is 5.69 Å². The van der Waals surface area contributed by atoms with E-state index in [1.807, 2.05) is 0 Å². The van der Waals surface area contributed by atoms with Crippen molar-refractivity contribution in [3.63, 3.8) is 0 Å². The fourth-order valence-electron chi connectivity index (χ4n) is 3.14. The van der Waals surface area contributed by atoms with Crippen LogP contribution in [0.2, 0.25) is 5.02 Å². The Morgan fingerprint density at radius 1 is 1.16 bits per heavy atom. The molecule has 32 heavy (non-hydrogen) atoms. The number of carbonyl (C=O) groups is 1. The van der Waals surface area contributed by atoms with Gasteiger partial charge in [-0.3, -0.25) is 9.59 Å². The molecule has 0 spiro atoms. The first-order valence-corrected chi connectivity index (χ1v) is 9.69. The van der Waals surface area contributed by atoms with Crippen molar-refractivity contribution >= 4 is 23.2 Å². The van der Waals surface area contributed by atoms with Crippen LogP contribution in [-0.2, 0) is 12.7 Å². The number of carbonyl (C=O) groups excluding carboxylic acids is 1. The maximum atomic E-state index is 13.1. The highest BCUT2D eigenvalue weighted by molar-refractivity contribution is 6.30. The van der Waals surface area contributed by atoms with Crippen LogP contribution < -0.4 is 10.7 Å². The van der Waals surface area contributed by atoms with Gasteiger partial charge in [0.05, 0.1) is 28.5 Å². The van der Waals surface area contributed by atoms with Gasteiger partial charge >= 0.3 is 6.18 Å². The second kappa shape index (κ2) is 8.12. The number of fused-ring (bicyclic) bond motifs is 1. The number of nitrogens with one attached hydrogen (secondary N) is 1. The Bertz CT molecular complexity index is 1390. The Morgan fingerprint density at radius 2 is 1.94 bits per heavy atom. The van der Waals surface area contributed by atoms with Gasteiger partial charge in [0.15, 0.2) is 5.69 Å². The molecule has 1 N–H and O–H groups in total. The molecule has 4 rings (SSSR count). The number of halogens is 4. The first kappa shape index (κ1) is 21.6. The third-order valence-corrected chi connectivity index (χ3v) is 4.86. The lowest BCUT2D eigenvalue weighted by Crippen LogP contribution is -2.31.